The van der Waals surface area contributed by atoms with Crippen LogP contribution in [-0.4, -0.2) is 38.3 Å². The molecule has 1 aromatic rings. The Kier molecular flexibility index (Phi) is 4.95. The number of hydrogen-bond acceptors (Lipinski definition) is 6. The smallest absolute Gasteiger partial charge is 0.242 e. The SMILES string of the molecule is CCCOc1ncnc(NC2CCS(=O)CC2)c1N. The summed E-state index contributed by atoms with van der Waals surface area (Å²) in [5, 5.41) is 3.30. The zero-order chi connectivity index (χ0) is 13.7. The van der Waals surface area contributed by atoms with Crippen molar-refractivity contribution in [3.63, 3.8) is 0 Å². The minimum absolute atomic E-state index is 0.272. The number of nitrogens with one attached hydrogen (secondary N) is 1. The normalized spacial score (nSPS) is 23.0. The Morgan fingerprint density at radius 1 is 1.47 bits per heavy atom. The number of aromatic nitrogens is 2. The minimum Gasteiger partial charge on any atom is -0.476 e. The standard InChI is InChI=1S/C12H20N4O2S/c1-2-5-18-12-10(13)11(14-8-15-12)16-9-3-6-19(17)7-4-9/h8-9H,2-7,13H2,1H3,(H,14,15,16). The molecule has 0 unspecified atom stereocenters. The average Bonchev–Trinajstić information content (AvgIpc) is 2.42. The lowest BCUT2D eigenvalue weighted by atomic mass is 10.1. The summed E-state index contributed by atoms with van der Waals surface area (Å²) >= 11 is 0. The van der Waals surface area contributed by atoms with Crippen LogP contribution in [0.15, 0.2) is 6.33 Å². The fraction of sp³-hybridized carbons (Fsp3) is 0.667. The van der Waals surface area contributed by atoms with Crippen LogP contribution >= 0.6 is 0 Å². The molecular formula is C12H20N4O2S. The molecule has 19 heavy (non-hydrogen) atoms. The molecule has 1 aliphatic heterocycles. The van der Waals surface area contributed by atoms with Crippen LogP contribution in [0.3, 0.4) is 0 Å². The van der Waals surface area contributed by atoms with Crippen molar-refractivity contribution in [2.45, 2.75) is 32.2 Å². The van der Waals surface area contributed by atoms with Gasteiger partial charge in [-0.2, -0.15) is 4.98 Å². The highest BCUT2D eigenvalue weighted by molar-refractivity contribution is 7.85. The Hall–Kier alpha value is -1.37. The van der Waals surface area contributed by atoms with Crippen LogP contribution < -0.4 is 15.8 Å². The second-order valence-corrected chi connectivity index (χ2v) is 6.25. The molecule has 1 saturated heterocycles. The van der Waals surface area contributed by atoms with Gasteiger partial charge in [-0.05, 0) is 19.3 Å². The first-order valence-corrected chi connectivity index (χ1v) is 8.04. The summed E-state index contributed by atoms with van der Waals surface area (Å²) in [6.07, 6.45) is 4.10. The molecule has 1 aromatic heterocycles. The molecule has 0 radical (unpaired) electrons. The second-order valence-electron chi connectivity index (χ2n) is 4.56. The topological polar surface area (TPSA) is 90.1 Å². The lowest BCUT2D eigenvalue weighted by Gasteiger charge is -2.23. The predicted molar refractivity (Wildman–Crippen MR) is 76.8 cm³/mol. The molecule has 2 heterocycles. The molecule has 0 amide bonds. The van der Waals surface area contributed by atoms with E-state index in [0.29, 0.717) is 24.0 Å². The third kappa shape index (κ3) is 3.79. The van der Waals surface area contributed by atoms with Gasteiger partial charge in [0.05, 0.1) is 6.61 Å². The molecule has 0 saturated carbocycles. The molecule has 106 valence electrons. The van der Waals surface area contributed by atoms with E-state index in [4.69, 9.17) is 10.5 Å². The van der Waals surface area contributed by atoms with Crippen molar-refractivity contribution in [1.82, 2.24) is 9.97 Å². The van der Waals surface area contributed by atoms with Crippen molar-refractivity contribution in [1.29, 1.82) is 0 Å². The van der Waals surface area contributed by atoms with Gasteiger partial charge >= 0.3 is 0 Å². The summed E-state index contributed by atoms with van der Waals surface area (Å²) in [5.41, 5.74) is 6.44. The lowest BCUT2D eigenvalue weighted by molar-refractivity contribution is 0.306. The molecule has 0 spiro atoms. The number of nitrogens with two attached hydrogens (primary N) is 1. The molecule has 6 nitrogen and oxygen atoms in total. The summed E-state index contributed by atoms with van der Waals surface area (Å²) in [7, 11) is -0.662. The molecule has 2 rings (SSSR count). The molecule has 3 N–H and O–H groups in total. The lowest BCUT2D eigenvalue weighted by Crippen LogP contribution is -2.30. The molecule has 0 bridgehead atoms. The highest BCUT2D eigenvalue weighted by atomic mass is 32.2. The van der Waals surface area contributed by atoms with E-state index in [-0.39, 0.29) is 6.04 Å². The van der Waals surface area contributed by atoms with E-state index in [9.17, 15) is 4.21 Å². The maximum Gasteiger partial charge on any atom is 0.242 e. The predicted octanol–water partition coefficient (Wildman–Crippen LogP) is 1.17. The number of hydrogen-bond donors (Lipinski definition) is 2. The van der Waals surface area contributed by atoms with Crippen molar-refractivity contribution >= 4 is 22.3 Å². The van der Waals surface area contributed by atoms with E-state index in [0.717, 1.165) is 30.8 Å². The van der Waals surface area contributed by atoms with E-state index in [1.54, 1.807) is 0 Å². The number of rotatable bonds is 5. The number of anilines is 2. The number of nitrogen functional groups attached to an aromatic ring is 1. The van der Waals surface area contributed by atoms with E-state index in [1.807, 2.05) is 6.92 Å². The van der Waals surface area contributed by atoms with Gasteiger partial charge in [0, 0.05) is 28.3 Å². The van der Waals surface area contributed by atoms with Gasteiger partial charge in [0.1, 0.15) is 12.0 Å². The molecular weight excluding hydrogens is 264 g/mol. The van der Waals surface area contributed by atoms with Gasteiger partial charge in [-0.25, -0.2) is 4.98 Å². The molecule has 0 aromatic carbocycles. The van der Waals surface area contributed by atoms with Crippen molar-refractivity contribution in [3.05, 3.63) is 6.33 Å². The Balaban J connectivity index is 2.01. The monoisotopic (exact) mass is 284 g/mol. The first-order chi connectivity index (χ1) is 9.20. The molecule has 0 atom stereocenters. The van der Waals surface area contributed by atoms with Crippen LogP contribution in [-0.2, 0) is 10.8 Å². The molecule has 1 aliphatic rings. The van der Waals surface area contributed by atoms with E-state index >= 15 is 0 Å². The van der Waals surface area contributed by atoms with Gasteiger partial charge in [0.2, 0.25) is 5.88 Å². The van der Waals surface area contributed by atoms with Crippen molar-refractivity contribution in [2.24, 2.45) is 0 Å². The van der Waals surface area contributed by atoms with Crippen molar-refractivity contribution < 1.29 is 8.95 Å². The molecule has 1 fully saturated rings. The third-order valence-electron chi connectivity index (χ3n) is 3.02. The summed E-state index contributed by atoms with van der Waals surface area (Å²) in [6, 6.07) is 0.272. The maximum atomic E-state index is 11.3. The summed E-state index contributed by atoms with van der Waals surface area (Å²) in [4.78, 5) is 8.19. The summed E-state index contributed by atoms with van der Waals surface area (Å²) < 4.78 is 16.8. The van der Waals surface area contributed by atoms with Gasteiger partial charge < -0.3 is 15.8 Å². The van der Waals surface area contributed by atoms with E-state index in [2.05, 4.69) is 15.3 Å². The summed E-state index contributed by atoms with van der Waals surface area (Å²) in [5.74, 6) is 2.52. The average molecular weight is 284 g/mol. The Morgan fingerprint density at radius 2 is 2.21 bits per heavy atom. The van der Waals surface area contributed by atoms with E-state index < -0.39 is 10.8 Å². The largest absolute Gasteiger partial charge is 0.476 e. The van der Waals surface area contributed by atoms with Gasteiger partial charge in [0.25, 0.3) is 0 Å². The van der Waals surface area contributed by atoms with Crippen LogP contribution in [0.1, 0.15) is 26.2 Å². The molecule has 7 heteroatoms. The highest BCUT2D eigenvalue weighted by Crippen LogP contribution is 2.26. The van der Waals surface area contributed by atoms with Gasteiger partial charge in [0.15, 0.2) is 5.82 Å². The molecule has 0 aliphatic carbocycles. The van der Waals surface area contributed by atoms with Crippen LogP contribution in [0, 0.1) is 0 Å². The fourth-order valence-corrected chi connectivity index (χ4v) is 3.24. The minimum atomic E-state index is -0.662. The van der Waals surface area contributed by atoms with Gasteiger partial charge in [-0.3, -0.25) is 4.21 Å². The zero-order valence-corrected chi connectivity index (χ0v) is 11.9. The van der Waals surface area contributed by atoms with Crippen molar-refractivity contribution in [2.75, 3.05) is 29.2 Å². The summed E-state index contributed by atoms with van der Waals surface area (Å²) in [6.45, 7) is 2.61. The Labute approximate surface area is 115 Å². The van der Waals surface area contributed by atoms with Crippen LogP contribution in [0.5, 0.6) is 5.88 Å². The highest BCUT2D eigenvalue weighted by Gasteiger charge is 2.19. The van der Waals surface area contributed by atoms with Crippen LogP contribution in [0.4, 0.5) is 11.5 Å². The fourth-order valence-electron chi connectivity index (χ4n) is 1.94. The quantitative estimate of drug-likeness (QED) is 0.843. The van der Waals surface area contributed by atoms with Crippen LogP contribution in [0.2, 0.25) is 0 Å². The number of ether oxygens (including phenoxy) is 1. The Bertz CT molecular complexity index is 445. The third-order valence-corrected chi connectivity index (χ3v) is 4.40. The van der Waals surface area contributed by atoms with Crippen molar-refractivity contribution in [3.8, 4) is 5.88 Å². The van der Waals surface area contributed by atoms with Gasteiger partial charge in [-0.1, -0.05) is 6.92 Å². The Morgan fingerprint density at radius 3 is 2.89 bits per heavy atom. The van der Waals surface area contributed by atoms with Gasteiger partial charge in [-0.15, -0.1) is 0 Å². The number of nitrogens with zero attached hydrogens (tertiary/aromatic N) is 2. The first kappa shape index (κ1) is 14.0. The van der Waals surface area contributed by atoms with Crippen LogP contribution in [0.25, 0.3) is 0 Å². The first-order valence-electron chi connectivity index (χ1n) is 6.55. The maximum absolute atomic E-state index is 11.3. The van der Waals surface area contributed by atoms with E-state index in [1.165, 1.54) is 6.33 Å². The second kappa shape index (κ2) is 6.70. The zero-order valence-electron chi connectivity index (χ0n) is 11.1.